The van der Waals surface area contributed by atoms with Gasteiger partial charge >= 0.3 is 11.9 Å². The largest absolute Gasteiger partial charge is 0.465 e. The maximum Gasteiger partial charge on any atom is 0.311 e. The van der Waals surface area contributed by atoms with Gasteiger partial charge in [-0.05, 0) is 26.7 Å². The van der Waals surface area contributed by atoms with Gasteiger partial charge in [-0.3, -0.25) is 9.59 Å². The van der Waals surface area contributed by atoms with E-state index in [9.17, 15) is 9.59 Å². The SMILES string of the molecule is CCCC(C)(C)C(=O)OC1C2CC(C1OC)C1C(=O)OCC21. The van der Waals surface area contributed by atoms with Gasteiger partial charge in [0.25, 0.3) is 0 Å². The van der Waals surface area contributed by atoms with E-state index >= 15 is 0 Å². The smallest absolute Gasteiger partial charge is 0.311 e. The fraction of sp³-hybridized carbons (Fsp3) is 0.882. The zero-order valence-corrected chi connectivity index (χ0v) is 13.8. The summed E-state index contributed by atoms with van der Waals surface area (Å²) in [6.45, 7) is 6.39. The van der Waals surface area contributed by atoms with Gasteiger partial charge in [0.2, 0.25) is 0 Å². The van der Waals surface area contributed by atoms with Crippen LogP contribution in [0.25, 0.3) is 0 Å². The Morgan fingerprint density at radius 3 is 2.64 bits per heavy atom. The molecule has 0 aromatic carbocycles. The topological polar surface area (TPSA) is 61.8 Å². The molecule has 1 heterocycles. The number of methoxy groups -OCH3 is 1. The number of cyclic esters (lactones) is 1. The summed E-state index contributed by atoms with van der Waals surface area (Å²) in [4.78, 5) is 24.4. The molecule has 5 nitrogen and oxygen atoms in total. The Kier molecular flexibility index (Phi) is 3.96. The Morgan fingerprint density at radius 2 is 2.00 bits per heavy atom. The molecule has 6 atom stereocenters. The summed E-state index contributed by atoms with van der Waals surface area (Å²) in [5.41, 5.74) is -0.476. The van der Waals surface area contributed by atoms with Gasteiger partial charge < -0.3 is 14.2 Å². The summed E-state index contributed by atoms with van der Waals surface area (Å²) in [6.07, 6.45) is 2.22. The summed E-state index contributed by atoms with van der Waals surface area (Å²) < 4.78 is 16.7. The maximum absolute atomic E-state index is 12.5. The molecule has 2 aliphatic carbocycles. The molecule has 1 saturated heterocycles. The first kappa shape index (κ1) is 15.8. The second-order valence-corrected chi connectivity index (χ2v) is 7.59. The number of ether oxygens (including phenoxy) is 3. The van der Waals surface area contributed by atoms with Crippen LogP contribution in [-0.2, 0) is 23.8 Å². The third-order valence-electron chi connectivity index (χ3n) is 5.82. The lowest BCUT2D eigenvalue weighted by molar-refractivity contribution is -0.174. The Morgan fingerprint density at radius 1 is 1.27 bits per heavy atom. The Hall–Kier alpha value is -1.10. The monoisotopic (exact) mass is 310 g/mol. The zero-order chi connectivity index (χ0) is 16.1. The van der Waals surface area contributed by atoms with Gasteiger partial charge in [0, 0.05) is 24.9 Å². The molecule has 0 amide bonds. The minimum absolute atomic E-state index is 0.0615. The molecule has 0 radical (unpaired) electrons. The molecule has 3 rings (SSSR count). The molecule has 3 fully saturated rings. The summed E-state index contributed by atoms with van der Waals surface area (Å²) in [5.74, 6) is 0.186. The zero-order valence-electron chi connectivity index (χ0n) is 13.8. The van der Waals surface area contributed by atoms with Crippen molar-refractivity contribution in [3.8, 4) is 0 Å². The molecule has 5 heteroatoms. The first-order chi connectivity index (χ1) is 10.4. The molecule has 124 valence electrons. The van der Waals surface area contributed by atoms with E-state index in [1.807, 2.05) is 13.8 Å². The molecule has 3 aliphatic rings. The lowest BCUT2D eigenvalue weighted by atomic mass is 9.78. The predicted molar refractivity (Wildman–Crippen MR) is 78.9 cm³/mol. The van der Waals surface area contributed by atoms with Crippen molar-refractivity contribution in [1.29, 1.82) is 0 Å². The molecule has 0 N–H and O–H groups in total. The van der Waals surface area contributed by atoms with Crippen molar-refractivity contribution < 1.29 is 23.8 Å². The first-order valence-corrected chi connectivity index (χ1v) is 8.31. The molecule has 22 heavy (non-hydrogen) atoms. The Bertz CT molecular complexity index is 472. The third kappa shape index (κ3) is 2.25. The highest BCUT2D eigenvalue weighted by Crippen LogP contribution is 2.57. The van der Waals surface area contributed by atoms with Gasteiger partial charge in [0.05, 0.1) is 24.0 Å². The van der Waals surface area contributed by atoms with Gasteiger partial charge in [0.1, 0.15) is 6.10 Å². The second kappa shape index (κ2) is 5.52. The summed E-state index contributed by atoms with van der Waals surface area (Å²) >= 11 is 0. The average Bonchev–Trinajstić information content (AvgIpc) is 3.10. The standard InChI is InChI=1S/C17H26O5/c1-5-6-17(2,3)16(19)22-14-9-7-10(13(14)20-4)12-11(9)8-21-15(12)18/h9-14H,5-8H2,1-4H3. The molecule has 2 saturated carbocycles. The molecule has 6 unspecified atom stereocenters. The number of fused-ring (bicyclic) bond motifs is 5. The fourth-order valence-corrected chi connectivity index (χ4v) is 4.75. The van der Waals surface area contributed by atoms with Gasteiger partial charge in [0.15, 0.2) is 0 Å². The summed E-state index contributed by atoms with van der Waals surface area (Å²) in [6, 6.07) is 0. The lowest BCUT2D eigenvalue weighted by Crippen LogP contribution is -2.47. The third-order valence-corrected chi connectivity index (χ3v) is 5.82. The molecule has 0 aromatic heterocycles. The van der Waals surface area contributed by atoms with Gasteiger partial charge in [-0.15, -0.1) is 0 Å². The van der Waals surface area contributed by atoms with Gasteiger partial charge in [-0.2, -0.15) is 0 Å². The van der Waals surface area contributed by atoms with E-state index in [0.29, 0.717) is 6.61 Å². The van der Waals surface area contributed by atoms with E-state index in [1.54, 1.807) is 7.11 Å². The van der Waals surface area contributed by atoms with E-state index in [4.69, 9.17) is 14.2 Å². The Balaban J connectivity index is 1.75. The van der Waals surface area contributed by atoms with Crippen LogP contribution in [0.5, 0.6) is 0 Å². The fourth-order valence-electron chi connectivity index (χ4n) is 4.75. The van der Waals surface area contributed by atoms with Crippen LogP contribution in [-0.4, -0.2) is 37.9 Å². The first-order valence-electron chi connectivity index (χ1n) is 8.31. The second-order valence-electron chi connectivity index (χ2n) is 7.59. The number of hydrogen-bond donors (Lipinski definition) is 0. The van der Waals surface area contributed by atoms with E-state index in [-0.39, 0.29) is 47.8 Å². The van der Waals surface area contributed by atoms with Crippen molar-refractivity contribution in [3.05, 3.63) is 0 Å². The van der Waals surface area contributed by atoms with Crippen LogP contribution < -0.4 is 0 Å². The number of esters is 2. The van der Waals surface area contributed by atoms with Crippen molar-refractivity contribution >= 4 is 11.9 Å². The van der Waals surface area contributed by atoms with Crippen LogP contribution >= 0.6 is 0 Å². The van der Waals surface area contributed by atoms with Crippen LogP contribution in [0.3, 0.4) is 0 Å². The molecule has 0 spiro atoms. The minimum Gasteiger partial charge on any atom is -0.465 e. The van der Waals surface area contributed by atoms with Crippen molar-refractivity contribution in [3.63, 3.8) is 0 Å². The lowest BCUT2D eigenvalue weighted by Gasteiger charge is -2.36. The van der Waals surface area contributed by atoms with E-state index in [2.05, 4.69) is 6.92 Å². The van der Waals surface area contributed by atoms with Crippen molar-refractivity contribution in [1.82, 2.24) is 0 Å². The van der Waals surface area contributed by atoms with Crippen LogP contribution in [0.15, 0.2) is 0 Å². The van der Waals surface area contributed by atoms with Crippen LogP contribution in [0.2, 0.25) is 0 Å². The van der Waals surface area contributed by atoms with E-state index in [1.165, 1.54) is 0 Å². The number of hydrogen-bond acceptors (Lipinski definition) is 5. The average molecular weight is 310 g/mol. The molecule has 1 aliphatic heterocycles. The quantitative estimate of drug-likeness (QED) is 0.728. The highest BCUT2D eigenvalue weighted by atomic mass is 16.6. The van der Waals surface area contributed by atoms with E-state index in [0.717, 1.165) is 19.3 Å². The van der Waals surface area contributed by atoms with Crippen LogP contribution in [0.1, 0.15) is 40.0 Å². The molecular formula is C17H26O5. The van der Waals surface area contributed by atoms with Crippen molar-refractivity contribution in [2.45, 2.75) is 52.2 Å². The van der Waals surface area contributed by atoms with E-state index < -0.39 is 5.41 Å². The minimum atomic E-state index is -0.476. The highest BCUT2D eigenvalue weighted by molar-refractivity contribution is 5.77. The molecule has 2 bridgehead atoms. The maximum atomic E-state index is 12.5. The van der Waals surface area contributed by atoms with Gasteiger partial charge in [-0.25, -0.2) is 0 Å². The highest BCUT2D eigenvalue weighted by Gasteiger charge is 2.65. The van der Waals surface area contributed by atoms with Crippen molar-refractivity contribution in [2.75, 3.05) is 13.7 Å². The molecular weight excluding hydrogens is 284 g/mol. The van der Waals surface area contributed by atoms with Crippen LogP contribution in [0, 0.1) is 29.1 Å². The molecule has 0 aromatic rings. The predicted octanol–water partition coefficient (Wildman–Crippen LogP) is 2.18. The normalized spacial score (nSPS) is 39.7. The number of carbonyl (C=O) groups excluding carboxylic acids is 2. The van der Waals surface area contributed by atoms with Crippen LogP contribution in [0.4, 0.5) is 0 Å². The number of carbonyl (C=O) groups is 2. The number of rotatable bonds is 5. The summed E-state index contributed by atoms with van der Waals surface area (Å²) in [7, 11) is 1.64. The van der Waals surface area contributed by atoms with Gasteiger partial charge in [-0.1, -0.05) is 13.3 Å². The summed E-state index contributed by atoms with van der Waals surface area (Å²) in [5, 5.41) is 0. The Labute approximate surface area is 131 Å². The van der Waals surface area contributed by atoms with Crippen molar-refractivity contribution in [2.24, 2.45) is 29.1 Å².